The van der Waals surface area contributed by atoms with Gasteiger partial charge in [-0.15, -0.1) is 11.3 Å². The van der Waals surface area contributed by atoms with Crippen molar-refractivity contribution in [2.75, 3.05) is 6.54 Å². The van der Waals surface area contributed by atoms with E-state index in [-0.39, 0.29) is 11.8 Å². The largest absolute Gasteiger partial charge is 0.356 e. The van der Waals surface area contributed by atoms with Crippen molar-refractivity contribution in [2.45, 2.75) is 25.7 Å². The molecule has 0 spiro atoms. The van der Waals surface area contributed by atoms with Crippen molar-refractivity contribution in [1.82, 2.24) is 15.3 Å². The van der Waals surface area contributed by atoms with Gasteiger partial charge in [-0.2, -0.15) is 0 Å². The Balaban J connectivity index is 1.36. The molecule has 1 aromatic carbocycles. The van der Waals surface area contributed by atoms with Crippen LogP contribution in [0.2, 0.25) is 0 Å². The Morgan fingerprint density at radius 1 is 1.15 bits per heavy atom. The standard InChI is InChI=1S/C21H21N3OS/c25-20(23-13-8-15-4-2-1-3-5-15)17-6-7-18-19(14-17)26-21(24-18)16-9-11-22-12-10-16/h1-5,9-12,17H,6-8,13-14H2,(H,23,25). The third kappa shape index (κ3) is 3.83. The molecule has 2 heterocycles. The van der Waals surface area contributed by atoms with Crippen molar-refractivity contribution in [3.8, 4) is 10.6 Å². The van der Waals surface area contributed by atoms with E-state index in [4.69, 9.17) is 4.98 Å². The lowest BCUT2D eigenvalue weighted by molar-refractivity contribution is -0.125. The Labute approximate surface area is 157 Å². The van der Waals surface area contributed by atoms with Gasteiger partial charge in [0.05, 0.1) is 5.69 Å². The molecule has 0 radical (unpaired) electrons. The third-order valence-corrected chi connectivity index (χ3v) is 5.96. The molecule has 1 amide bonds. The Morgan fingerprint density at radius 2 is 1.96 bits per heavy atom. The zero-order valence-corrected chi connectivity index (χ0v) is 15.3. The molecule has 1 aliphatic rings. The first kappa shape index (κ1) is 16.9. The maximum absolute atomic E-state index is 12.5. The van der Waals surface area contributed by atoms with Gasteiger partial charge in [0.1, 0.15) is 5.01 Å². The van der Waals surface area contributed by atoms with Gasteiger partial charge in [-0.3, -0.25) is 9.78 Å². The Hall–Kier alpha value is -2.53. The number of nitrogens with zero attached hydrogens (tertiary/aromatic N) is 2. The number of aromatic nitrogens is 2. The van der Waals surface area contributed by atoms with E-state index >= 15 is 0 Å². The summed E-state index contributed by atoms with van der Waals surface area (Å²) < 4.78 is 0. The van der Waals surface area contributed by atoms with Gasteiger partial charge < -0.3 is 5.32 Å². The summed E-state index contributed by atoms with van der Waals surface area (Å²) in [5, 5.41) is 4.14. The number of amides is 1. The number of rotatable bonds is 5. The number of hydrogen-bond acceptors (Lipinski definition) is 4. The molecule has 4 rings (SSSR count). The van der Waals surface area contributed by atoms with Crippen LogP contribution in [-0.2, 0) is 24.1 Å². The summed E-state index contributed by atoms with van der Waals surface area (Å²) >= 11 is 1.71. The van der Waals surface area contributed by atoms with Crippen molar-refractivity contribution < 1.29 is 4.79 Å². The van der Waals surface area contributed by atoms with Gasteiger partial charge in [0.15, 0.2) is 0 Å². The number of carbonyl (C=O) groups excluding carboxylic acids is 1. The van der Waals surface area contributed by atoms with Crippen LogP contribution in [0.3, 0.4) is 0 Å². The summed E-state index contributed by atoms with van der Waals surface area (Å²) in [5.74, 6) is 0.231. The Bertz CT molecular complexity index is 877. The van der Waals surface area contributed by atoms with Crippen LogP contribution < -0.4 is 5.32 Å². The van der Waals surface area contributed by atoms with E-state index < -0.39 is 0 Å². The van der Waals surface area contributed by atoms with Crippen molar-refractivity contribution in [3.63, 3.8) is 0 Å². The van der Waals surface area contributed by atoms with Crippen molar-refractivity contribution in [1.29, 1.82) is 0 Å². The van der Waals surface area contributed by atoms with E-state index in [0.717, 1.165) is 41.9 Å². The van der Waals surface area contributed by atoms with Crippen LogP contribution in [0.15, 0.2) is 54.9 Å². The molecule has 4 nitrogen and oxygen atoms in total. The predicted molar refractivity (Wildman–Crippen MR) is 104 cm³/mol. The molecule has 2 aromatic heterocycles. The first-order valence-electron chi connectivity index (χ1n) is 9.00. The van der Waals surface area contributed by atoms with E-state index in [9.17, 15) is 4.79 Å². The number of nitrogens with one attached hydrogen (secondary N) is 1. The normalized spacial score (nSPS) is 16.1. The SMILES string of the molecule is O=C(NCCc1ccccc1)C1CCc2nc(-c3ccncc3)sc2C1. The highest BCUT2D eigenvalue weighted by atomic mass is 32.1. The maximum Gasteiger partial charge on any atom is 0.223 e. The van der Waals surface area contributed by atoms with Gasteiger partial charge in [0.2, 0.25) is 5.91 Å². The minimum Gasteiger partial charge on any atom is -0.356 e. The quantitative estimate of drug-likeness (QED) is 0.752. The Morgan fingerprint density at radius 3 is 2.77 bits per heavy atom. The fourth-order valence-corrected chi connectivity index (χ4v) is 4.53. The number of aryl methyl sites for hydroxylation is 1. The molecule has 0 aliphatic heterocycles. The predicted octanol–water partition coefficient (Wildman–Crippen LogP) is 3.67. The lowest BCUT2D eigenvalue weighted by atomic mass is 9.90. The number of carbonyl (C=O) groups is 1. The zero-order chi connectivity index (χ0) is 17.8. The van der Waals surface area contributed by atoms with E-state index in [1.165, 1.54) is 10.4 Å². The molecule has 1 atom stereocenters. The van der Waals surface area contributed by atoms with Crippen molar-refractivity contribution >= 4 is 17.2 Å². The van der Waals surface area contributed by atoms with Crippen molar-refractivity contribution in [2.24, 2.45) is 5.92 Å². The molecule has 1 unspecified atom stereocenters. The molecule has 5 heteroatoms. The third-order valence-electron chi connectivity index (χ3n) is 4.79. The highest BCUT2D eigenvalue weighted by molar-refractivity contribution is 7.15. The van der Waals surface area contributed by atoms with E-state index in [2.05, 4.69) is 22.4 Å². The van der Waals surface area contributed by atoms with E-state index in [0.29, 0.717) is 6.54 Å². The number of hydrogen-bond donors (Lipinski definition) is 1. The molecule has 0 saturated heterocycles. The summed E-state index contributed by atoms with van der Waals surface area (Å²) in [7, 11) is 0. The second-order valence-corrected chi connectivity index (χ2v) is 7.67. The summed E-state index contributed by atoms with van der Waals surface area (Å²) in [6, 6.07) is 14.2. The molecular formula is C21H21N3OS. The van der Waals surface area contributed by atoms with Crippen LogP contribution in [0.1, 0.15) is 22.6 Å². The summed E-state index contributed by atoms with van der Waals surface area (Å²) in [6.07, 6.45) is 7.02. The molecule has 0 fully saturated rings. The summed E-state index contributed by atoms with van der Waals surface area (Å²) in [5.41, 5.74) is 3.52. The van der Waals surface area contributed by atoms with Gasteiger partial charge in [0.25, 0.3) is 0 Å². The summed E-state index contributed by atoms with van der Waals surface area (Å²) in [6.45, 7) is 0.692. The average Bonchev–Trinajstić information content (AvgIpc) is 3.13. The van der Waals surface area contributed by atoms with Crippen LogP contribution in [0.4, 0.5) is 0 Å². The molecule has 1 N–H and O–H groups in total. The molecular weight excluding hydrogens is 342 g/mol. The van der Waals surface area contributed by atoms with Gasteiger partial charge in [0, 0.05) is 35.3 Å². The second-order valence-electron chi connectivity index (χ2n) is 6.59. The van der Waals surface area contributed by atoms with Crippen LogP contribution in [-0.4, -0.2) is 22.4 Å². The minimum absolute atomic E-state index is 0.0593. The first-order chi connectivity index (χ1) is 12.8. The molecule has 26 heavy (non-hydrogen) atoms. The number of pyridine rings is 1. The van der Waals surface area contributed by atoms with Crippen LogP contribution in [0, 0.1) is 5.92 Å². The van der Waals surface area contributed by atoms with Crippen molar-refractivity contribution in [3.05, 3.63) is 71.0 Å². The highest BCUT2D eigenvalue weighted by Crippen LogP contribution is 2.34. The van der Waals surface area contributed by atoms with Gasteiger partial charge in [-0.05, 0) is 43.4 Å². The van der Waals surface area contributed by atoms with Crippen LogP contribution in [0.5, 0.6) is 0 Å². The lowest BCUT2D eigenvalue weighted by Gasteiger charge is -2.20. The number of thiazole rings is 1. The maximum atomic E-state index is 12.5. The molecule has 0 bridgehead atoms. The fraction of sp³-hybridized carbons (Fsp3) is 0.286. The lowest BCUT2D eigenvalue weighted by Crippen LogP contribution is -2.35. The monoisotopic (exact) mass is 363 g/mol. The van der Waals surface area contributed by atoms with E-state index in [1.54, 1.807) is 23.7 Å². The molecule has 1 aliphatic carbocycles. The van der Waals surface area contributed by atoms with Gasteiger partial charge in [-0.1, -0.05) is 30.3 Å². The average molecular weight is 363 g/mol. The first-order valence-corrected chi connectivity index (χ1v) is 9.82. The number of fused-ring (bicyclic) bond motifs is 1. The van der Waals surface area contributed by atoms with Gasteiger partial charge in [-0.25, -0.2) is 4.98 Å². The fourth-order valence-electron chi connectivity index (χ4n) is 3.34. The second kappa shape index (κ2) is 7.79. The van der Waals surface area contributed by atoms with Gasteiger partial charge >= 0.3 is 0 Å². The van der Waals surface area contributed by atoms with E-state index in [1.807, 2.05) is 30.3 Å². The smallest absolute Gasteiger partial charge is 0.223 e. The number of benzene rings is 1. The van der Waals surface area contributed by atoms with Crippen LogP contribution in [0.25, 0.3) is 10.6 Å². The Kier molecular flexibility index (Phi) is 5.07. The van der Waals surface area contributed by atoms with Crippen LogP contribution >= 0.6 is 11.3 Å². The molecule has 0 saturated carbocycles. The highest BCUT2D eigenvalue weighted by Gasteiger charge is 2.27. The topological polar surface area (TPSA) is 54.9 Å². The molecule has 132 valence electrons. The minimum atomic E-state index is 0.0593. The summed E-state index contributed by atoms with van der Waals surface area (Å²) in [4.78, 5) is 22.6. The molecule has 3 aromatic rings. The zero-order valence-electron chi connectivity index (χ0n) is 14.5.